The second-order valence-electron chi connectivity index (χ2n) is 4.56. The Kier molecular flexibility index (Phi) is 5.10. The third kappa shape index (κ3) is 5.94. The van der Waals surface area contributed by atoms with Crippen molar-refractivity contribution in [2.75, 3.05) is 5.32 Å². The highest BCUT2D eigenvalue weighted by Gasteiger charge is 2.29. The lowest BCUT2D eigenvalue weighted by molar-refractivity contribution is -0.312. The lowest BCUT2D eigenvalue weighted by Crippen LogP contribution is -2.56. The van der Waals surface area contributed by atoms with Crippen molar-refractivity contribution in [2.24, 2.45) is 0 Å². The third-order valence-corrected chi connectivity index (χ3v) is 3.02. The maximum atomic E-state index is 12.1. The summed E-state index contributed by atoms with van der Waals surface area (Å²) in [5.74, 6) is -1.46. The Labute approximate surface area is 122 Å². The summed E-state index contributed by atoms with van der Waals surface area (Å²) >= 11 is -0.272. The number of carbonyl (C=O) groups excluding carboxylic acids is 2. The zero-order valence-electron chi connectivity index (χ0n) is 11.1. The van der Waals surface area contributed by atoms with Crippen LogP contribution in [0, 0.1) is 0 Å². The number of carbonyl (C=O) groups is 2. The molecular formula is C12H12F3N2O3S-. The average molecular weight is 321 g/mol. The van der Waals surface area contributed by atoms with Gasteiger partial charge in [-0.2, -0.15) is 13.2 Å². The van der Waals surface area contributed by atoms with E-state index in [9.17, 15) is 27.9 Å². The molecular weight excluding hydrogens is 309 g/mol. The summed E-state index contributed by atoms with van der Waals surface area (Å²) in [7, 11) is 0. The molecule has 1 aromatic carbocycles. The smallest absolute Gasteiger partial charge is 0.446 e. The van der Waals surface area contributed by atoms with Gasteiger partial charge < -0.3 is 20.5 Å². The summed E-state index contributed by atoms with van der Waals surface area (Å²) in [6.45, 7) is 2.48. The molecule has 0 fully saturated rings. The number of amides is 2. The number of anilines is 1. The Bertz CT molecular complexity index is 530. The summed E-state index contributed by atoms with van der Waals surface area (Å²) in [5.41, 5.74) is -5.73. The first-order valence-corrected chi connectivity index (χ1v) is 6.48. The molecule has 116 valence electrons. The predicted octanol–water partition coefficient (Wildman–Crippen LogP) is 1.95. The van der Waals surface area contributed by atoms with Gasteiger partial charge in [0, 0.05) is 10.6 Å². The van der Waals surface area contributed by atoms with Crippen LogP contribution in [0.25, 0.3) is 0 Å². The summed E-state index contributed by atoms with van der Waals surface area (Å²) in [6, 6.07) is 4.13. The second kappa shape index (κ2) is 6.25. The van der Waals surface area contributed by atoms with Crippen LogP contribution in [-0.4, -0.2) is 23.0 Å². The summed E-state index contributed by atoms with van der Waals surface area (Å²) in [6.07, 6.45) is 0. The van der Waals surface area contributed by atoms with Gasteiger partial charge in [0.05, 0.1) is 11.5 Å². The molecule has 0 aliphatic rings. The van der Waals surface area contributed by atoms with Gasteiger partial charge in [-0.3, -0.25) is 0 Å². The van der Waals surface area contributed by atoms with Crippen LogP contribution in [0.4, 0.5) is 23.7 Å². The van der Waals surface area contributed by atoms with E-state index in [0.29, 0.717) is 0 Å². The lowest BCUT2D eigenvalue weighted by atomic mass is 10.1. The van der Waals surface area contributed by atoms with Gasteiger partial charge in [0.1, 0.15) is 0 Å². The van der Waals surface area contributed by atoms with E-state index in [-0.39, 0.29) is 22.3 Å². The molecule has 5 nitrogen and oxygen atoms in total. The number of carboxylic acids is 1. The van der Waals surface area contributed by atoms with E-state index in [1.807, 2.05) is 0 Å². The van der Waals surface area contributed by atoms with Crippen LogP contribution in [0.15, 0.2) is 29.2 Å². The van der Waals surface area contributed by atoms with Crippen molar-refractivity contribution in [3.63, 3.8) is 0 Å². The summed E-state index contributed by atoms with van der Waals surface area (Å²) in [4.78, 5) is 22.2. The number of benzene rings is 1. The number of thioether (sulfide) groups is 1. The first-order valence-electron chi connectivity index (χ1n) is 5.66. The second-order valence-corrected chi connectivity index (χ2v) is 5.70. The molecule has 1 aromatic rings. The molecule has 1 rings (SSSR count). The van der Waals surface area contributed by atoms with Gasteiger partial charge in [0.25, 0.3) is 0 Å². The van der Waals surface area contributed by atoms with E-state index in [4.69, 9.17) is 0 Å². The van der Waals surface area contributed by atoms with Crippen LogP contribution in [0.1, 0.15) is 13.8 Å². The molecule has 0 aromatic heterocycles. The number of urea groups is 1. The number of hydrogen-bond donors (Lipinski definition) is 2. The third-order valence-electron chi connectivity index (χ3n) is 2.28. The summed E-state index contributed by atoms with van der Waals surface area (Å²) in [5, 5.41) is 15.2. The van der Waals surface area contributed by atoms with Crippen LogP contribution in [0.3, 0.4) is 0 Å². The maximum absolute atomic E-state index is 12.1. The minimum Gasteiger partial charge on any atom is -0.548 e. The Morgan fingerprint density at radius 1 is 1.14 bits per heavy atom. The first-order chi connectivity index (χ1) is 9.49. The van der Waals surface area contributed by atoms with E-state index in [0.717, 1.165) is 0 Å². The van der Waals surface area contributed by atoms with Crippen LogP contribution < -0.4 is 15.7 Å². The molecule has 0 radical (unpaired) electrons. The fourth-order valence-electron chi connectivity index (χ4n) is 1.24. The standard InChI is InChI=1S/C12H13F3N2O3S/c1-11(2,9(18)19)17-10(20)16-7-3-5-8(6-4-7)21-12(13,14)15/h3-6H,1-2H3,(H,18,19)(H2,16,17,20)/p-1. The largest absolute Gasteiger partial charge is 0.548 e. The molecule has 2 N–H and O–H groups in total. The monoisotopic (exact) mass is 321 g/mol. The molecule has 0 aliphatic heterocycles. The van der Waals surface area contributed by atoms with Crippen LogP contribution >= 0.6 is 11.8 Å². The first kappa shape index (κ1) is 17.2. The molecule has 0 aliphatic carbocycles. The van der Waals surface area contributed by atoms with Crippen molar-refractivity contribution in [3.05, 3.63) is 24.3 Å². The van der Waals surface area contributed by atoms with Gasteiger partial charge in [-0.05, 0) is 49.9 Å². The van der Waals surface area contributed by atoms with E-state index in [2.05, 4.69) is 10.6 Å². The predicted molar refractivity (Wildman–Crippen MR) is 69.6 cm³/mol. The Morgan fingerprint density at radius 2 is 1.67 bits per heavy atom. The van der Waals surface area contributed by atoms with Gasteiger partial charge in [-0.25, -0.2) is 4.79 Å². The molecule has 2 amide bonds. The average Bonchev–Trinajstić information content (AvgIpc) is 2.28. The molecule has 0 spiro atoms. The zero-order valence-corrected chi connectivity index (χ0v) is 11.9. The molecule has 0 saturated heterocycles. The van der Waals surface area contributed by atoms with Crippen molar-refractivity contribution in [1.82, 2.24) is 5.32 Å². The van der Waals surface area contributed by atoms with Gasteiger partial charge >= 0.3 is 11.5 Å². The van der Waals surface area contributed by atoms with Crippen molar-refractivity contribution in [3.8, 4) is 0 Å². The van der Waals surface area contributed by atoms with E-state index in [1.165, 1.54) is 38.1 Å². The number of alkyl halides is 3. The molecule has 0 heterocycles. The van der Waals surface area contributed by atoms with E-state index in [1.54, 1.807) is 0 Å². The Balaban J connectivity index is 2.64. The molecule has 9 heteroatoms. The number of rotatable bonds is 4. The minimum atomic E-state index is -4.38. The van der Waals surface area contributed by atoms with Crippen LogP contribution in [0.5, 0.6) is 0 Å². The maximum Gasteiger partial charge on any atom is 0.446 e. The number of halogens is 3. The molecule has 21 heavy (non-hydrogen) atoms. The quantitative estimate of drug-likeness (QED) is 0.831. The van der Waals surface area contributed by atoms with Crippen molar-refractivity contribution in [1.29, 1.82) is 0 Å². The number of aliphatic carboxylic acids is 1. The molecule has 0 unspecified atom stereocenters. The molecule has 0 bridgehead atoms. The number of nitrogens with one attached hydrogen (secondary N) is 2. The summed E-state index contributed by atoms with van der Waals surface area (Å²) < 4.78 is 36.4. The highest BCUT2D eigenvalue weighted by atomic mass is 32.2. The fourth-order valence-corrected chi connectivity index (χ4v) is 1.78. The highest BCUT2D eigenvalue weighted by molar-refractivity contribution is 8.00. The van der Waals surface area contributed by atoms with Crippen molar-refractivity contribution in [2.45, 2.75) is 29.8 Å². The zero-order chi connectivity index (χ0) is 16.3. The normalized spacial score (nSPS) is 11.9. The van der Waals surface area contributed by atoms with E-state index >= 15 is 0 Å². The lowest BCUT2D eigenvalue weighted by Gasteiger charge is -2.27. The highest BCUT2D eigenvalue weighted by Crippen LogP contribution is 2.36. The Morgan fingerprint density at radius 3 is 2.10 bits per heavy atom. The van der Waals surface area contributed by atoms with Crippen LogP contribution in [0.2, 0.25) is 0 Å². The van der Waals surface area contributed by atoms with Gasteiger partial charge in [0.2, 0.25) is 0 Å². The van der Waals surface area contributed by atoms with Gasteiger partial charge in [0.15, 0.2) is 0 Å². The Hall–Kier alpha value is -1.90. The SMILES string of the molecule is CC(C)(NC(=O)Nc1ccc(SC(F)(F)F)cc1)C(=O)[O-]. The minimum absolute atomic E-state index is 0.0245. The van der Waals surface area contributed by atoms with Crippen molar-refractivity contribution >= 4 is 29.4 Å². The van der Waals surface area contributed by atoms with Gasteiger partial charge in [-0.1, -0.05) is 0 Å². The van der Waals surface area contributed by atoms with Crippen LogP contribution in [-0.2, 0) is 4.79 Å². The fraction of sp³-hybridized carbons (Fsp3) is 0.333. The molecule has 0 atom stereocenters. The number of hydrogen-bond acceptors (Lipinski definition) is 4. The van der Waals surface area contributed by atoms with Gasteiger partial charge in [-0.15, -0.1) is 0 Å². The number of carboxylic acid groups (broad SMARTS) is 1. The van der Waals surface area contributed by atoms with E-state index < -0.39 is 23.0 Å². The molecule has 0 saturated carbocycles. The topological polar surface area (TPSA) is 81.3 Å². The van der Waals surface area contributed by atoms with Crippen molar-refractivity contribution < 1.29 is 27.9 Å².